The summed E-state index contributed by atoms with van der Waals surface area (Å²) < 4.78 is 5.38. The molecule has 3 aromatic rings. The van der Waals surface area contributed by atoms with Crippen molar-refractivity contribution in [3.05, 3.63) is 70.9 Å². The molecule has 0 aliphatic heterocycles. The van der Waals surface area contributed by atoms with Gasteiger partial charge in [0.15, 0.2) is 0 Å². The number of ether oxygens (including phenoxy) is 1. The predicted molar refractivity (Wildman–Crippen MR) is 116 cm³/mol. The Balaban J connectivity index is 1.46. The third-order valence-corrected chi connectivity index (χ3v) is 5.56. The third kappa shape index (κ3) is 5.87. The summed E-state index contributed by atoms with van der Waals surface area (Å²) >= 11 is 2.84. The minimum Gasteiger partial charge on any atom is -0.494 e. The molecule has 2 amide bonds. The fourth-order valence-corrected chi connectivity index (χ4v) is 3.70. The van der Waals surface area contributed by atoms with Crippen LogP contribution in [0.2, 0.25) is 0 Å². The number of hydrogen-bond acceptors (Lipinski definition) is 5. The van der Waals surface area contributed by atoms with Crippen LogP contribution in [0.3, 0.4) is 0 Å². The number of benzene rings is 2. The van der Waals surface area contributed by atoms with Crippen LogP contribution >= 0.6 is 23.1 Å². The minimum atomic E-state index is -0.120. The molecule has 1 aromatic heterocycles. The van der Waals surface area contributed by atoms with Gasteiger partial charge in [-0.15, -0.1) is 23.1 Å². The molecular weight excluding hydrogens is 392 g/mol. The van der Waals surface area contributed by atoms with Crippen LogP contribution in [0, 0.1) is 0 Å². The largest absolute Gasteiger partial charge is 0.494 e. The van der Waals surface area contributed by atoms with Crippen molar-refractivity contribution in [2.75, 3.05) is 23.0 Å². The van der Waals surface area contributed by atoms with Gasteiger partial charge in [-0.2, -0.15) is 0 Å². The van der Waals surface area contributed by atoms with E-state index >= 15 is 0 Å². The maximum atomic E-state index is 12.1. The quantitative estimate of drug-likeness (QED) is 0.503. The van der Waals surface area contributed by atoms with Gasteiger partial charge in [-0.3, -0.25) is 9.59 Å². The summed E-state index contributed by atoms with van der Waals surface area (Å²) in [6.45, 7) is 2.54. The van der Waals surface area contributed by atoms with Gasteiger partial charge in [-0.25, -0.2) is 0 Å². The van der Waals surface area contributed by atoms with Crippen molar-refractivity contribution in [3.8, 4) is 5.75 Å². The zero-order chi connectivity index (χ0) is 19.8. The van der Waals surface area contributed by atoms with Crippen LogP contribution in [0.1, 0.15) is 16.6 Å². The number of carbonyl (C=O) groups excluding carboxylic acids is 2. The fraction of sp³-hybridized carbons (Fsp3) is 0.143. The van der Waals surface area contributed by atoms with Gasteiger partial charge in [-0.1, -0.05) is 6.07 Å². The van der Waals surface area contributed by atoms with Gasteiger partial charge < -0.3 is 15.4 Å². The normalized spacial score (nSPS) is 10.3. The van der Waals surface area contributed by atoms with Gasteiger partial charge in [0.1, 0.15) is 5.75 Å². The molecule has 0 bridgehead atoms. The van der Waals surface area contributed by atoms with E-state index < -0.39 is 0 Å². The second-order valence-corrected chi connectivity index (χ2v) is 7.75. The van der Waals surface area contributed by atoms with Crippen molar-refractivity contribution in [1.82, 2.24) is 0 Å². The molecule has 3 rings (SSSR count). The Bertz CT molecular complexity index is 908. The zero-order valence-electron chi connectivity index (χ0n) is 15.3. The molecule has 0 radical (unpaired) electrons. The predicted octanol–water partition coefficient (Wildman–Crippen LogP) is 5.13. The number of rotatable bonds is 8. The Morgan fingerprint density at radius 3 is 2.29 bits per heavy atom. The van der Waals surface area contributed by atoms with E-state index in [4.69, 9.17) is 4.74 Å². The maximum Gasteiger partial charge on any atom is 0.265 e. The van der Waals surface area contributed by atoms with Crippen LogP contribution < -0.4 is 15.4 Å². The molecule has 5 nitrogen and oxygen atoms in total. The Kier molecular flexibility index (Phi) is 7.11. The molecule has 0 aliphatic carbocycles. The average Bonchev–Trinajstić information content (AvgIpc) is 3.24. The minimum absolute atomic E-state index is 0.0794. The lowest BCUT2D eigenvalue weighted by atomic mass is 10.3. The van der Waals surface area contributed by atoms with Crippen molar-refractivity contribution in [3.63, 3.8) is 0 Å². The van der Waals surface area contributed by atoms with Crippen molar-refractivity contribution in [2.45, 2.75) is 11.8 Å². The first-order valence-corrected chi connectivity index (χ1v) is 10.6. The molecule has 0 atom stereocenters. The van der Waals surface area contributed by atoms with Crippen LogP contribution in [0.5, 0.6) is 5.75 Å². The highest BCUT2D eigenvalue weighted by atomic mass is 32.2. The van der Waals surface area contributed by atoms with Gasteiger partial charge in [0.05, 0.1) is 17.2 Å². The highest BCUT2D eigenvalue weighted by molar-refractivity contribution is 8.00. The maximum absolute atomic E-state index is 12.1. The van der Waals surface area contributed by atoms with E-state index in [9.17, 15) is 9.59 Å². The molecule has 1 heterocycles. The van der Waals surface area contributed by atoms with Gasteiger partial charge in [0.25, 0.3) is 5.91 Å². The van der Waals surface area contributed by atoms with Gasteiger partial charge in [0, 0.05) is 16.3 Å². The molecular formula is C21H20N2O3S2. The van der Waals surface area contributed by atoms with Gasteiger partial charge in [0.2, 0.25) is 5.91 Å². The first-order valence-electron chi connectivity index (χ1n) is 8.74. The molecule has 2 N–H and O–H groups in total. The first-order chi connectivity index (χ1) is 13.6. The highest BCUT2D eigenvalue weighted by Crippen LogP contribution is 2.22. The first kappa shape index (κ1) is 20.0. The van der Waals surface area contributed by atoms with Crippen molar-refractivity contribution in [1.29, 1.82) is 0 Å². The Labute approximate surface area is 172 Å². The van der Waals surface area contributed by atoms with Crippen LogP contribution in [0.15, 0.2) is 70.9 Å². The molecule has 0 saturated heterocycles. The standard InChI is InChI=1S/C21H20N2O3S2/c1-2-26-17-9-5-15(6-10-17)22-20(24)14-28-18-11-7-16(8-12-18)23-21(25)19-4-3-13-27-19/h3-13H,2,14H2,1H3,(H,22,24)(H,23,25). The Morgan fingerprint density at radius 1 is 0.964 bits per heavy atom. The number of nitrogens with one attached hydrogen (secondary N) is 2. The lowest BCUT2D eigenvalue weighted by Gasteiger charge is -2.08. The number of carbonyl (C=O) groups is 2. The molecule has 0 saturated carbocycles. The number of hydrogen-bond donors (Lipinski definition) is 2. The topological polar surface area (TPSA) is 67.4 Å². The molecule has 28 heavy (non-hydrogen) atoms. The SMILES string of the molecule is CCOc1ccc(NC(=O)CSc2ccc(NC(=O)c3cccs3)cc2)cc1. The molecule has 0 fully saturated rings. The van der Waals surface area contributed by atoms with E-state index in [0.29, 0.717) is 17.2 Å². The van der Waals surface area contributed by atoms with E-state index in [1.165, 1.54) is 23.1 Å². The number of thiophene rings is 1. The lowest BCUT2D eigenvalue weighted by molar-refractivity contribution is -0.113. The second-order valence-electron chi connectivity index (χ2n) is 5.75. The smallest absolute Gasteiger partial charge is 0.265 e. The average molecular weight is 413 g/mol. The number of thioether (sulfide) groups is 1. The number of anilines is 2. The summed E-state index contributed by atoms with van der Waals surface area (Å²) in [5, 5.41) is 7.59. The van der Waals surface area contributed by atoms with E-state index in [1.54, 1.807) is 6.07 Å². The van der Waals surface area contributed by atoms with E-state index in [1.807, 2.05) is 66.9 Å². The summed E-state index contributed by atoms with van der Waals surface area (Å²) in [5.74, 6) is 0.879. The van der Waals surface area contributed by atoms with Crippen molar-refractivity contribution < 1.29 is 14.3 Å². The molecule has 0 spiro atoms. The Morgan fingerprint density at radius 2 is 1.64 bits per heavy atom. The lowest BCUT2D eigenvalue weighted by Crippen LogP contribution is -2.13. The monoisotopic (exact) mass is 412 g/mol. The summed E-state index contributed by atoms with van der Waals surface area (Å²) in [4.78, 5) is 25.8. The van der Waals surface area contributed by atoms with Gasteiger partial charge >= 0.3 is 0 Å². The van der Waals surface area contributed by atoms with Crippen LogP contribution in [-0.4, -0.2) is 24.2 Å². The Hall–Kier alpha value is -2.77. The van der Waals surface area contributed by atoms with E-state index in [0.717, 1.165) is 22.0 Å². The van der Waals surface area contributed by atoms with E-state index in [2.05, 4.69) is 10.6 Å². The van der Waals surface area contributed by atoms with Gasteiger partial charge in [-0.05, 0) is 66.9 Å². The molecule has 0 aliphatic rings. The van der Waals surface area contributed by atoms with Crippen LogP contribution in [0.4, 0.5) is 11.4 Å². The second kappa shape index (κ2) is 9.96. The van der Waals surface area contributed by atoms with Crippen molar-refractivity contribution >= 4 is 46.3 Å². The number of amides is 2. The van der Waals surface area contributed by atoms with E-state index in [-0.39, 0.29) is 11.8 Å². The summed E-state index contributed by atoms with van der Waals surface area (Å²) in [5.41, 5.74) is 1.46. The molecule has 0 unspecified atom stereocenters. The highest BCUT2D eigenvalue weighted by Gasteiger charge is 2.08. The molecule has 2 aromatic carbocycles. The molecule has 7 heteroatoms. The fourth-order valence-electron chi connectivity index (χ4n) is 2.38. The summed E-state index contributed by atoms with van der Waals surface area (Å²) in [6, 6.07) is 18.4. The summed E-state index contributed by atoms with van der Waals surface area (Å²) in [7, 11) is 0. The van der Waals surface area contributed by atoms with Crippen LogP contribution in [0.25, 0.3) is 0 Å². The third-order valence-electron chi connectivity index (χ3n) is 3.68. The zero-order valence-corrected chi connectivity index (χ0v) is 16.9. The molecule has 144 valence electrons. The van der Waals surface area contributed by atoms with Crippen LogP contribution in [-0.2, 0) is 4.79 Å². The van der Waals surface area contributed by atoms with Crippen molar-refractivity contribution in [2.24, 2.45) is 0 Å². The summed E-state index contributed by atoms with van der Waals surface area (Å²) in [6.07, 6.45) is 0.